The molecule has 0 spiro atoms. The zero-order chi connectivity index (χ0) is 25.5. The number of carbonyl (C=O) groups is 2. The lowest BCUT2D eigenvalue weighted by atomic mass is 10.1. The van der Waals surface area contributed by atoms with Crippen LogP contribution in [0, 0.1) is 5.82 Å². The monoisotopic (exact) mass is 493 g/mol. The van der Waals surface area contributed by atoms with E-state index >= 15 is 0 Å². The first-order valence-electron chi connectivity index (χ1n) is 12.4. The van der Waals surface area contributed by atoms with Crippen LogP contribution in [0.3, 0.4) is 0 Å². The van der Waals surface area contributed by atoms with Gasteiger partial charge in [0.05, 0.1) is 5.56 Å². The van der Waals surface area contributed by atoms with E-state index in [0.29, 0.717) is 48.4 Å². The Balaban J connectivity index is 1.26. The van der Waals surface area contributed by atoms with Crippen LogP contribution in [-0.4, -0.2) is 71.0 Å². The Labute approximate surface area is 210 Å². The lowest BCUT2D eigenvalue weighted by Gasteiger charge is -2.23. The molecule has 1 saturated heterocycles. The van der Waals surface area contributed by atoms with Gasteiger partial charge in [-0.25, -0.2) is 4.39 Å². The molecule has 0 bridgehead atoms. The molecule has 2 heterocycles. The Morgan fingerprint density at radius 2 is 1.86 bits per heavy atom. The Morgan fingerprint density at radius 1 is 1.14 bits per heavy atom. The van der Waals surface area contributed by atoms with E-state index in [4.69, 9.17) is 4.52 Å². The molecular formula is C27H32FN5O3. The molecule has 0 saturated carbocycles. The second-order valence-corrected chi connectivity index (χ2v) is 9.19. The van der Waals surface area contributed by atoms with Crippen molar-refractivity contribution in [3.63, 3.8) is 0 Å². The summed E-state index contributed by atoms with van der Waals surface area (Å²) >= 11 is 0. The molecular weight excluding hydrogens is 461 g/mol. The molecule has 1 unspecified atom stereocenters. The molecule has 0 aliphatic carbocycles. The molecule has 1 fully saturated rings. The highest BCUT2D eigenvalue weighted by atomic mass is 19.1. The number of aromatic nitrogens is 2. The van der Waals surface area contributed by atoms with Crippen LogP contribution < -0.4 is 5.32 Å². The number of likely N-dealkylation sites (tertiary alicyclic amines) is 1. The van der Waals surface area contributed by atoms with Crippen molar-refractivity contribution < 1.29 is 18.5 Å². The van der Waals surface area contributed by atoms with Gasteiger partial charge in [0.1, 0.15) is 5.82 Å². The molecule has 1 aliphatic heterocycles. The van der Waals surface area contributed by atoms with Crippen LogP contribution in [-0.2, 0) is 6.42 Å². The van der Waals surface area contributed by atoms with Crippen molar-refractivity contribution in [2.75, 3.05) is 33.2 Å². The summed E-state index contributed by atoms with van der Waals surface area (Å²) < 4.78 is 19.2. The number of hydrogen-bond donors (Lipinski definition) is 1. The number of nitrogens with one attached hydrogen (secondary N) is 1. The lowest BCUT2D eigenvalue weighted by Crippen LogP contribution is -2.34. The third kappa shape index (κ3) is 6.34. The summed E-state index contributed by atoms with van der Waals surface area (Å²) in [5.41, 5.74) is 1.29. The molecule has 1 aliphatic rings. The molecule has 2 amide bonds. The highest BCUT2D eigenvalue weighted by Crippen LogP contribution is 2.19. The lowest BCUT2D eigenvalue weighted by molar-refractivity contribution is 0.0790. The Hall–Kier alpha value is -3.59. The molecule has 8 nitrogen and oxygen atoms in total. The van der Waals surface area contributed by atoms with Gasteiger partial charge in [-0.1, -0.05) is 17.3 Å². The number of rotatable bonds is 10. The minimum atomic E-state index is -0.551. The summed E-state index contributed by atoms with van der Waals surface area (Å²) in [5.74, 6) is -0.295. The number of halogens is 1. The van der Waals surface area contributed by atoms with Crippen molar-refractivity contribution in [1.82, 2.24) is 25.3 Å². The molecule has 0 radical (unpaired) electrons. The van der Waals surface area contributed by atoms with Gasteiger partial charge in [-0.3, -0.25) is 9.59 Å². The van der Waals surface area contributed by atoms with E-state index in [0.717, 1.165) is 19.5 Å². The Kier molecular flexibility index (Phi) is 8.43. The highest BCUT2D eigenvalue weighted by molar-refractivity contribution is 5.95. The third-order valence-corrected chi connectivity index (χ3v) is 6.60. The average Bonchev–Trinajstić information content (AvgIpc) is 3.60. The SMILES string of the molecule is CC(CCNC(=O)c1ccc(-c2nc(CCN(C)C(=O)c3ccccc3F)no2)cc1)N1CCCC1. The second kappa shape index (κ2) is 11.9. The summed E-state index contributed by atoms with van der Waals surface area (Å²) in [7, 11) is 1.60. The first-order chi connectivity index (χ1) is 17.4. The summed E-state index contributed by atoms with van der Waals surface area (Å²) in [6.07, 6.45) is 3.81. The van der Waals surface area contributed by atoms with Crippen molar-refractivity contribution >= 4 is 11.8 Å². The molecule has 36 heavy (non-hydrogen) atoms. The second-order valence-electron chi connectivity index (χ2n) is 9.19. The Morgan fingerprint density at radius 3 is 2.58 bits per heavy atom. The zero-order valence-corrected chi connectivity index (χ0v) is 20.7. The minimum Gasteiger partial charge on any atom is -0.352 e. The molecule has 4 rings (SSSR count). The number of benzene rings is 2. The molecule has 1 atom stereocenters. The van der Waals surface area contributed by atoms with Crippen LogP contribution in [0.2, 0.25) is 0 Å². The summed E-state index contributed by atoms with van der Waals surface area (Å²) in [6.45, 7) is 5.46. The predicted octanol–water partition coefficient (Wildman–Crippen LogP) is 3.79. The van der Waals surface area contributed by atoms with Gasteiger partial charge in [0.25, 0.3) is 17.7 Å². The number of carbonyl (C=O) groups excluding carboxylic acids is 2. The van der Waals surface area contributed by atoms with Crippen LogP contribution in [0.15, 0.2) is 53.1 Å². The average molecular weight is 494 g/mol. The largest absolute Gasteiger partial charge is 0.352 e. The first kappa shape index (κ1) is 25.5. The standard InChI is InChI=1S/C27H32FN5O3/c1-19(33-16-5-6-17-33)13-15-29-25(34)20-9-11-21(12-10-20)26-30-24(31-36-26)14-18-32(2)27(35)22-7-3-4-8-23(22)28/h3-4,7-12,19H,5-6,13-18H2,1-2H3,(H,29,34). The predicted molar refractivity (Wildman–Crippen MR) is 134 cm³/mol. The van der Waals surface area contributed by atoms with Crippen molar-refractivity contribution in [3.8, 4) is 11.5 Å². The maximum absolute atomic E-state index is 13.9. The van der Waals surface area contributed by atoms with Crippen LogP contribution in [0.4, 0.5) is 4.39 Å². The van der Waals surface area contributed by atoms with Crippen LogP contribution in [0.5, 0.6) is 0 Å². The van der Waals surface area contributed by atoms with Crippen molar-refractivity contribution in [2.24, 2.45) is 0 Å². The van der Waals surface area contributed by atoms with E-state index in [1.165, 1.54) is 29.9 Å². The smallest absolute Gasteiger partial charge is 0.257 e. The van der Waals surface area contributed by atoms with Crippen molar-refractivity contribution in [2.45, 2.75) is 38.6 Å². The maximum atomic E-state index is 13.9. The minimum absolute atomic E-state index is 0.0269. The van der Waals surface area contributed by atoms with Gasteiger partial charge in [-0.2, -0.15) is 4.98 Å². The maximum Gasteiger partial charge on any atom is 0.257 e. The highest BCUT2D eigenvalue weighted by Gasteiger charge is 2.19. The summed E-state index contributed by atoms with van der Waals surface area (Å²) in [5, 5.41) is 6.98. The van der Waals surface area contributed by atoms with E-state index < -0.39 is 11.7 Å². The van der Waals surface area contributed by atoms with Gasteiger partial charge in [0.2, 0.25) is 0 Å². The molecule has 2 aromatic carbocycles. The summed E-state index contributed by atoms with van der Waals surface area (Å²) in [6, 6.07) is 13.4. The molecule has 1 aromatic heterocycles. The van der Waals surface area contributed by atoms with E-state index in [1.807, 2.05) is 0 Å². The number of likely N-dealkylation sites (N-methyl/N-ethyl adjacent to an activating group) is 1. The van der Waals surface area contributed by atoms with Gasteiger partial charge in [0.15, 0.2) is 5.82 Å². The fourth-order valence-electron chi connectivity index (χ4n) is 4.31. The molecule has 1 N–H and O–H groups in total. The van der Waals surface area contributed by atoms with Gasteiger partial charge in [-0.15, -0.1) is 0 Å². The molecule has 3 aromatic rings. The number of hydrogen-bond acceptors (Lipinski definition) is 6. The van der Waals surface area contributed by atoms with Crippen molar-refractivity contribution in [3.05, 3.63) is 71.3 Å². The molecule has 190 valence electrons. The van der Waals surface area contributed by atoms with E-state index in [1.54, 1.807) is 43.4 Å². The third-order valence-electron chi connectivity index (χ3n) is 6.60. The van der Waals surface area contributed by atoms with E-state index in [2.05, 4.69) is 27.3 Å². The van der Waals surface area contributed by atoms with Crippen LogP contribution in [0.1, 0.15) is 52.7 Å². The normalized spacial score (nSPS) is 14.5. The quantitative estimate of drug-likeness (QED) is 0.462. The van der Waals surface area contributed by atoms with Crippen LogP contribution in [0.25, 0.3) is 11.5 Å². The van der Waals surface area contributed by atoms with Gasteiger partial charge >= 0.3 is 0 Å². The van der Waals surface area contributed by atoms with Crippen LogP contribution >= 0.6 is 0 Å². The van der Waals surface area contributed by atoms with E-state index in [9.17, 15) is 14.0 Å². The zero-order valence-electron chi connectivity index (χ0n) is 20.7. The topological polar surface area (TPSA) is 91.6 Å². The first-order valence-corrected chi connectivity index (χ1v) is 12.4. The Bertz CT molecular complexity index is 1170. The van der Waals surface area contributed by atoms with Gasteiger partial charge in [-0.05, 0) is 75.7 Å². The van der Waals surface area contributed by atoms with Gasteiger partial charge < -0.3 is 19.6 Å². The summed E-state index contributed by atoms with van der Waals surface area (Å²) in [4.78, 5) is 33.2. The number of nitrogens with zero attached hydrogens (tertiary/aromatic N) is 4. The van der Waals surface area contributed by atoms with Gasteiger partial charge in [0, 0.05) is 43.7 Å². The fraction of sp³-hybridized carbons (Fsp3) is 0.407. The fourth-order valence-corrected chi connectivity index (χ4v) is 4.31. The van der Waals surface area contributed by atoms with Crippen molar-refractivity contribution in [1.29, 1.82) is 0 Å². The molecule has 9 heteroatoms. The number of amides is 2. The van der Waals surface area contributed by atoms with E-state index in [-0.39, 0.29) is 11.5 Å².